The summed E-state index contributed by atoms with van der Waals surface area (Å²) in [6, 6.07) is 3.28. The zero-order valence-electron chi connectivity index (χ0n) is 11.6. The Kier molecular flexibility index (Phi) is 6.15. The van der Waals surface area contributed by atoms with Gasteiger partial charge < -0.3 is 19.3 Å². The van der Waals surface area contributed by atoms with Crippen LogP contribution in [0.4, 0.5) is 0 Å². The lowest BCUT2D eigenvalue weighted by atomic mass is 10.1. The maximum Gasteiger partial charge on any atom is 0.203 e. The second-order valence-corrected chi connectivity index (χ2v) is 3.91. The predicted molar refractivity (Wildman–Crippen MR) is 71.4 cm³/mol. The van der Waals surface area contributed by atoms with Crippen LogP contribution in [0, 0.1) is 0 Å². The quantitative estimate of drug-likeness (QED) is 0.577. The highest BCUT2D eigenvalue weighted by atomic mass is 16.5. The molecule has 19 heavy (non-hydrogen) atoms. The Labute approximate surface area is 113 Å². The summed E-state index contributed by atoms with van der Waals surface area (Å²) in [4.78, 5) is 11.7. The van der Waals surface area contributed by atoms with E-state index in [2.05, 4.69) is 0 Å². The summed E-state index contributed by atoms with van der Waals surface area (Å²) in [7, 11) is 3.02. The van der Waals surface area contributed by atoms with Gasteiger partial charge in [0, 0.05) is 25.0 Å². The number of carbonyl (C=O) groups is 1. The molecule has 0 saturated heterocycles. The minimum Gasteiger partial charge on any atom is -0.493 e. The van der Waals surface area contributed by atoms with Gasteiger partial charge in [-0.05, 0) is 12.1 Å². The fraction of sp³-hybridized carbons (Fsp3) is 0.500. The summed E-state index contributed by atoms with van der Waals surface area (Å²) in [5.74, 6) is 1.37. The molecule has 0 unspecified atom stereocenters. The van der Waals surface area contributed by atoms with Gasteiger partial charge in [0.1, 0.15) is 0 Å². The molecule has 0 aliphatic rings. The van der Waals surface area contributed by atoms with Crippen molar-refractivity contribution in [1.82, 2.24) is 0 Å². The summed E-state index contributed by atoms with van der Waals surface area (Å²) in [5, 5.41) is 8.76. The van der Waals surface area contributed by atoms with Gasteiger partial charge in [0.2, 0.25) is 5.75 Å². The normalized spacial score (nSPS) is 10.1. The van der Waals surface area contributed by atoms with Gasteiger partial charge in [0.05, 0.1) is 20.8 Å². The van der Waals surface area contributed by atoms with Crippen LogP contribution in [0.5, 0.6) is 17.2 Å². The molecule has 0 spiro atoms. The van der Waals surface area contributed by atoms with Crippen molar-refractivity contribution in [3.63, 3.8) is 0 Å². The van der Waals surface area contributed by atoms with E-state index in [-0.39, 0.29) is 12.4 Å². The van der Waals surface area contributed by atoms with E-state index in [4.69, 9.17) is 19.3 Å². The molecular formula is C14H20O5. The summed E-state index contributed by atoms with van der Waals surface area (Å²) in [6.07, 6.45) is 0.930. The van der Waals surface area contributed by atoms with Gasteiger partial charge in [-0.15, -0.1) is 0 Å². The van der Waals surface area contributed by atoms with Crippen LogP contribution in [0.1, 0.15) is 30.1 Å². The van der Waals surface area contributed by atoms with E-state index in [0.29, 0.717) is 42.3 Å². The molecule has 0 aliphatic carbocycles. The third-order valence-corrected chi connectivity index (χ3v) is 2.65. The van der Waals surface area contributed by atoms with Crippen molar-refractivity contribution in [2.45, 2.75) is 19.8 Å². The van der Waals surface area contributed by atoms with Crippen molar-refractivity contribution in [3.05, 3.63) is 17.7 Å². The van der Waals surface area contributed by atoms with Crippen LogP contribution in [0.15, 0.2) is 12.1 Å². The van der Waals surface area contributed by atoms with E-state index in [1.54, 1.807) is 19.1 Å². The van der Waals surface area contributed by atoms with Gasteiger partial charge in [-0.25, -0.2) is 0 Å². The number of ketones is 1. The van der Waals surface area contributed by atoms with Crippen LogP contribution < -0.4 is 14.2 Å². The SMILES string of the molecule is CCC(=O)c1cc(OC)c(OCCCO)c(OC)c1. The molecule has 0 amide bonds. The zero-order chi connectivity index (χ0) is 14.3. The molecule has 106 valence electrons. The van der Waals surface area contributed by atoms with Crippen LogP contribution in [-0.2, 0) is 0 Å². The Balaban J connectivity index is 3.10. The molecule has 0 fully saturated rings. The van der Waals surface area contributed by atoms with E-state index in [0.717, 1.165) is 0 Å². The van der Waals surface area contributed by atoms with Crippen molar-refractivity contribution >= 4 is 5.78 Å². The topological polar surface area (TPSA) is 65.0 Å². The minimum atomic E-state index is 0.0125. The highest BCUT2D eigenvalue weighted by molar-refractivity contribution is 5.97. The van der Waals surface area contributed by atoms with E-state index < -0.39 is 0 Å². The van der Waals surface area contributed by atoms with E-state index in [9.17, 15) is 4.79 Å². The van der Waals surface area contributed by atoms with Crippen LogP contribution in [0.3, 0.4) is 0 Å². The first-order chi connectivity index (χ1) is 9.17. The monoisotopic (exact) mass is 268 g/mol. The van der Waals surface area contributed by atoms with Crippen molar-refractivity contribution in [2.75, 3.05) is 27.4 Å². The molecule has 1 aromatic carbocycles. The van der Waals surface area contributed by atoms with Gasteiger partial charge in [-0.2, -0.15) is 0 Å². The number of carbonyl (C=O) groups excluding carboxylic acids is 1. The highest BCUT2D eigenvalue weighted by Crippen LogP contribution is 2.38. The Hall–Kier alpha value is -1.75. The number of aliphatic hydroxyl groups is 1. The molecule has 0 heterocycles. The summed E-state index contributed by atoms with van der Waals surface area (Å²) in [6.45, 7) is 2.20. The molecule has 0 aliphatic heterocycles. The number of aliphatic hydroxyl groups excluding tert-OH is 1. The summed E-state index contributed by atoms with van der Waals surface area (Å²) < 4.78 is 16.0. The Morgan fingerprint density at radius 1 is 1.21 bits per heavy atom. The lowest BCUT2D eigenvalue weighted by Crippen LogP contribution is -2.05. The van der Waals surface area contributed by atoms with Crippen molar-refractivity contribution in [3.8, 4) is 17.2 Å². The second kappa shape index (κ2) is 7.63. The van der Waals surface area contributed by atoms with E-state index in [1.807, 2.05) is 0 Å². The molecule has 5 heteroatoms. The largest absolute Gasteiger partial charge is 0.493 e. The lowest BCUT2D eigenvalue weighted by molar-refractivity contribution is 0.0987. The number of methoxy groups -OCH3 is 2. The smallest absolute Gasteiger partial charge is 0.203 e. The van der Waals surface area contributed by atoms with Gasteiger partial charge >= 0.3 is 0 Å². The Bertz CT molecular complexity index is 403. The summed E-state index contributed by atoms with van der Waals surface area (Å²) in [5.41, 5.74) is 0.533. The highest BCUT2D eigenvalue weighted by Gasteiger charge is 2.16. The van der Waals surface area contributed by atoms with Crippen molar-refractivity contribution in [1.29, 1.82) is 0 Å². The van der Waals surface area contributed by atoms with Crippen LogP contribution >= 0.6 is 0 Å². The van der Waals surface area contributed by atoms with Gasteiger partial charge in [-0.1, -0.05) is 6.92 Å². The van der Waals surface area contributed by atoms with Crippen LogP contribution in [0.25, 0.3) is 0 Å². The predicted octanol–water partition coefficient (Wildman–Crippen LogP) is 2.06. The fourth-order valence-corrected chi connectivity index (χ4v) is 1.63. The van der Waals surface area contributed by atoms with E-state index >= 15 is 0 Å². The molecule has 1 aromatic rings. The van der Waals surface area contributed by atoms with Crippen molar-refractivity contribution in [2.24, 2.45) is 0 Å². The Morgan fingerprint density at radius 2 is 1.79 bits per heavy atom. The molecule has 0 radical (unpaired) electrons. The molecule has 1 rings (SSSR count). The maximum absolute atomic E-state index is 11.7. The van der Waals surface area contributed by atoms with Crippen molar-refractivity contribution < 1.29 is 24.1 Å². The minimum absolute atomic E-state index is 0.0125. The number of rotatable bonds is 8. The van der Waals surface area contributed by atoms with Crippen LogP contribution in [-0.4, -0.2) is 38.3 Å². The molecule has 0 aromatic heterocycles. The molecular weight excluding hydrogens is 248 g/mol. The van der Waals surface area contributed by atoms with Gasteiger partial charge in [0.25, 0.3) is 0 Å². The maximum atomic E-state index is 11.7. The number of ether oxygens (including phenoxy) is 3. The Morgan fingerprint density at radius 3 is 2.21 bits per heavy atom. The third kappa shape index (κ3) is 3.86. The zero-order valence-corrected chi connectivity index (χ0v) is 11.6. The first-order valence-corrected chi connectivity index (χ1v) is 6.20. The molecule has 0 atom stereocenters. The standard InChI is InChI=1S/C14H20O5/c1-4-11(16)10-8-12(17-2)14(13(9-10)18-3)19-7-5-6-15/h8-9,15H,4-7H2,1-3H3. The van der Waals surface area contributed by atoms with Gasteiger partial charge in [0.15, 0.2) is 17.3 Å². The fourth-order valence-electron chi connectivity index (χ4n) is 1.63. The average Bonchev–Trinajstić information content (AvgIpc) is 2.46. The molecule has 1 N–H and O–H groups in total. The van der Waals surface area contributed by atoms with Crippen LogP contribution in [0.2, 0.25) is 0 Å². The van der Waals surface area contributed by atoms with E-state index in [1.165, 1.54) is 14.2 Å². The third-order valence-electron chi connectivity index (χ3n) is 2.65. The summed E-state index contributed by atoms with van der Waals surface area (Å²) >= 11 is 0. The number of Topliss-reactive ketones (excluding diaryl/α,β-unsaturated/α-hetero) is 1. The molecule has 0 saturated carbocycles. The van der Waals surface area contributed by atoms with Gasteiger partial charge in [-0.3, -0.25) is 4.79 Å². The number of benzene rings is 1. The number of hydrogen-bond acceptors (Lipinski definition) is 5. The number of hydrogen-bond donors (Lipinski definition) is 1. The second-order valence-electron chi connectivity index (χ2n) is 3.91. The average molecular weight is 268 g/mol. The molecule has 5 nitrogen and oxygen atoms in total. The first kappa shape index (κ1) is 15.3. The first-order valence-electron chi connectivity index (χ1n) is 6.20. The molecule has 0 bridgehead atoms. The lowest BCUT2D eigenvalue weighted by Gasteiger charge is -2.15.